The highest BCUT2D eigenvalue weighted by Crippen LogP contribution is 2.18. The molecule has 1 saturated heterocycles. The molecule has 1 unspecified atom stereocenters. The highest BCUT2D eigenvalue weighted by atomic mass is 16.2. The maximum absolute atomic E-state index is 12.1. The fourth-order valence-corrected chi connectivity index (χ4v) is 3.02. The first-order valence-electron chi connectivity index (χ1n) is 8.04. The zero-order valence-corrected chi connectivity index (χ0v) is 12.8. The molecular weight excluding hydrogens is 262 g/mol. The molecule has 1 aliphatic rings. The van der Waals surface area contributed by atoms with E-state index in [9.17, 15) is 4.79 Å². The van der Waals surface area contributed by atoms with E-state index in [-0.39, 0.29) is 5.91 Å². The lowest BCUT2D eigenvalue weighted by atomic mass is 9.99. The van der Waals surface area contributed by atoms with E-state index in [1.165, 1.54) is 24.8 Å². The zero-order valence-electron chi connectivity index (χ0n) is 12.8. The van der Waals surface area contributed by atoms with E-state index in [4.69, 9.17) is 5.73 Å². The van der Waals surface area contributed by atoms with Crippen LogP contribution in [0.1, 0.15) is 31.2 Å². The van der Waals surface area contributed by atoms with Crippen LogP contribution in [0.25, 0.3) is 0 Å². The van der Waals surface area contributed by atoms with E-state index in [0.717, 1.165) is 19.4 Å². The highest BCUT2D eigenvalue weighted by molar-refractivity contribution is 5.78. The number of carbonyl (C=O) groups is 1. The molecule has 0 saturated carbocycles. The molecule has 2 rings (SSSR count). The summed E-state index contributed by atoms with van der Waals surface area (Å²) >= 11 is 0. The molecule has 0 bridgehead atoms. The predicted octanol–water partition coefficient (Wildman–Crippen LogP) is 1.55. The summed E-state index contributed by atoms with van der Waals surface area (Å²) in [5, 5.41) is 3.03. The van der Waals surface area contributed by atoms with E-state index in [1.807, 2.05) is 18.2 Å². The first-order chi connectivity index (χ1) is 10.3. The third-order valence-electron chi connectivity index (χ3n) is 4.17. The van der Waals surface area contributed by atoms with Crippen LogP contribution in [0, 0.1) is 0 Å². The van der Waals surface area contributed by atoms with Crippen LogP contribution in [0.2, 0.25) is 0 Å². The number of hydrogen-bond acceptors (Lipinski definition) is 3. The number of nitrogens with two attached hydrogens (primary N) is 1. The molecule has 3 N–H and O–H groups in total. The van der Waals surface area contributed by atoms with Crippen LogP contribution in [-0.2, 0) is 11.2 Å². The lowest BCUT2D eigenvalue weighted by Crippen LogP contribution is -2.46. The Morgan fingerprint density at radius 2 is 2.10 bits per heavy atom. The summed E-state index contributed by atoms with van der Waals surface area (Å²) in [4.78, 5) is 14.4. The van der Waals surface area contributed by atoms with Gasteiger partial charge in [-0.1, -0.05) is 36.8 Å². The van der Waals surface area contributed by atoms with Crippen LogP contribution in [0.3, 0.4) is 0 Å². The van der Waals surface area contributed by atoms with Crippen LogP contribution in [0.4, 0.5) is 0 Å². The Kier molecular flexibility index (Phi) is 6.70. The largest absolute Gasteiger partial charge is 0.355 e. The molecule has 1 aliphatic heterocycles. The summed E-state index contributed by atoms with van der Waals surface area (Å²) in [7, 11) is 0. The van der Waals surface area contributed by atoms with E-state index in [1.54, 1.807) is 0 Å². The maximum atomic E-state index is 12.1. The summed E-state index contributed by atoms with van der Waals surface area (Å²) in [6, 6.07) is 10.7. The second kappa shape index (κ2) is 8.80. The van der Waals surface area contributed by atoms with Crippen molar-refractivity contribution in [1.29, 1.82) is 0 Å². The van der Waals surface area contributed by atoms with Gasteiger partial charge < -0.3 is 11.1 Å². The Hall–Kier alpha value is -1.39. The summed E-state index contributed by atoms with van der Waals surface area (Å²) in [6.07, 6.45) is 5.51. The van der Waals surface area contributed by atoms with E-state index in [2.05, 4.69) is 22.3 Å². The zero-order chi connectivity index (χ0) is 14.9. The molecule has 0 aliphatic carbocycles. The van der Waals surface area contributed by atoms with Crippen LogP contribution >= 0.6 is 0 Å². The molecule has 4 nitrogen and oxygen atoms in total. The lowest BCUT2D eigenvalue weighted by molar-refractivity contribution is -0.123. The minimum absolute atomic E-state index is 0.134. The third kappa shape index (κ3) is 5.48. The number of likely N-dealkylation sites (tertiary alicyclic amines) is 1. The number of rotatable bonds is 7. The Balaban J connectivity index is 1.70. The molecule has 1 aromatic rings. The van der Waals surface area contributed by atoms with Gasteiger partial charge in [-0.3, -0.25) is 9.69 Å². The van der Waals surface area contributed by atoms with Crippen molar-refractivity contribution < 1.29 is 4.79 Å². The molecule has 4 heteroatoms. The number of piperidine rings is 1. The molecule has 21 heavy (non-hydrogen) atoms. The number of nitrogens with zero attached hydrogens (tertiary/aromatic N) is 1. The van der Waals surface area contributed by atoms with Crippen molar-refractivity contribution in [3.05, 3.63) is 35.9 Å². The maximum Gasteiger partial charge on any atom is 0.234 e. The van der Waals surface area contributed by atoms with Gasteiger partial charge in [0.05, 0.1) is 6.54 Å². The van der Waals surface area contributed by atoms with Crippen LogP contribution in [0.5, 0.6) is 0 Å². The van der Waals surface area contributed by atoms with E-state index in [0.29, 0.717) is 25.7 Å². The molecule has 116 valence electrons. The van der Waals surface area contributed by atoms with Gasteiger partial charge in [-0.2, -0.15) is 0 Å². The van der Waals surface area contributed by atoms with Gasteiger partial charge in [-0.25, -0.2) is 0 Å². The van der Waals surface area contributed by atoms with E-state index < -0.39 is 0 Å². The SMILES string of the molecule is NCCC1CCCCN1CC(=O)NCCc1ccccc1. The average Bonchev–Trinajstić information content (AvgIpc) is 2.50. The minimum atomic E-state index is 0.134. The highest BCUT2D eigenvalue weighted by Gasteiger charge is 2.23. The topological polar surface area (TPSA) is 58.4 Å². The first-order valence-corrected chi connectivity index (χ1v) is 8.04. The normalized spacial score (nSPS) is 19.4. The molecular formula is C17H27N3O. The van der Waals surface area contributed by atoms with Gasteiger partial charge in [-0.15, -0.1) is 0 Å². The summed E-state index contributed by atoms with van der Waals surface area (Å²) < 4.78 is 0. The third-order valence-corrected chi connectivity index (χ3v) is 4.17. The minimum Gasteiger partial charge on any atom is -0.355 e. The number of nitrogens with one attached hydrogen (secondary N) is 1. The molecule has 1 amide bonds. The fourth-order valence-electron chi connectivity index (χ4n) is 3.02. The predicted molar refractivity (Wildman–Crippen MR) is 86.0 cm³/mol. The molecule has 0 aromatic heterocycles. The van der Waals surface area contributed by atoms with Gasteiger partial charge >= 0.3 is 0 Å². The smallest absolute Gasteiger partial charge is 0.234 e. The Bertz CT molecular complexity index is 419. The number of carbonyl (C=O) groups excluding carboxylic acids is 1. The second-order valence-electron chi connectivity index (χ2n) is 5.78. The van der Waals surface area contributed by atoms with Crippen LogP contribution < -0.4 is 11.1 Å². The van der Waals surface area contributed by atoms with Gasteiger partial charge in [0.2, 0.25) is 5.91 Å². The van der Waals surface area contributed by atoms with Gasteiger partial charge in [0.25, 0.3) is 0 Å². The van der Waals surface area contributed by atoms with Gasteiger partial charge in [0.15, 0.2) is 0 Å². The standard InChI is InChI=1S/C17H27N3O/c18-11-9-16-8-4-5-13-20(16)14-17(21)19-12-10-15-6-2-1-3-7-15/h1-3,6-7,16H,4-5,8-14,18H2,(H,19,21). The number of hydrogen-bond donors (Lipinski definition) is 2. The quantitative estimate of drug-likeness (QED) is 0.800. The van der Waals surface area contributed by atoms with Crippen molar-refractivity contribution in [3.8, 4) is 0 Å². The van der Waals surface area contributed by atoms with Gasteiger partial charge in [-0.05, 0) is 44.3 Å². The van der Waals surface area contributed by atoms with Gasteiger partial charge in [0.1, 0.15) is 0 Å². The summed E-state index contributed by atoms with van der Waals surface area (Å²) in [5.41, 5.74) is 6.93. The Morgan fingerprint density at radius 3 is 2.86 bits per heavy atom. The molecule has 1 heterocycles. The molecule has 1 atom stereocenters. The molecule has 0 spiro atoms. The number of benzene rings is 1. The lowest BCUT2D eigenvalue weighted by Gasteiger charge is -2.35. The average molecular weight is 289 g/mol. The van der Waals surface area contributed by atoms with Crippen molar-refractivity contribution in [2.45, 2.75) is 38.1 Å². The van der Waals surface area contributed by atoms with Crippen molar-refractivity contribution in [1.82, 2.24) is 10.2 Å². The Morgan fingerprint density at radius 1 is 1.29 bits per heavy atom. The van der Waals surface area contributed by atoms with Crippen LogP contribution in [0.15, 0.2) is 30.3 Å². The van der Waals surface area contributed by atoms with Crippen LogP contribution in [-0.4, -0.2) is 43.0 Å². The van der Waals surface area contributed by atoms with Crippen molar-refractivity contribution in [2.24, 2.45) is 5.73 Å². The second-order valence-corrected chi connectivity index (χ2v) is 5.78. The monoisotopic (exact) mass is 289 g/mol. The number of amides is 1. The summed E-state index contributed by atoms with van der Waals surface area (Å²) in [5.74, 6) is 0.134. The van der Waals surface area contributed by atoms with Crippen molar-refractivity contribution >= 4 is 5.91 Å². The van der Waals surface area contributed by atoms with Crippen molar-refractivity contribution in [2.75, 3.05) is 26.2 Å². The van der Waals surface area contributed by atoms with Gasteiger partial charge in [0, 0.05) is 12.6 Å². The van der Waals surface area contributed by atoms with Crippen molar-refractivity contribution in [3.63, 3.8) is 0 Å². The van der Waals surface area contributed by atoms with E-state index >= 15 is 0 Å². The Labute approximate surface area is 127 Å². The molecule has 1 fully saturated rings. The molecule has 1 aromatic carbocycles. The summed E-state index contributed by atoms with van der Waals surface area (Å²) in [6.45, 7) is 2.95. The fraction of sp³-hybridized carbons (Fsp3) is 0.588. The first kappa shape index (κ1) is 16.0. The molecule has 0 radical (unpaired) electrons.